The monoisotopic (exact) mass is 206 g/mol. The minimum atomic E-state index is -0.212. The van der Waals surface area contributed by atoms with Gasteiger partial charge in [0, 0.05) is 12.3 Å². The van der Waals surface area contributed by atoms with Gasteiger partial charge in [0.1, 0.15) is 0 Å². The summed E-state index contributed by atoms with van der Waals surface area (Å²) < 4.78 is 5.04. The Hall–Kier alpha value is -1.31. The van der Waals surface area contributed by atoms with Crippen LogP contribution in [0, 0.1) is 5.41 Å². The fourth-order valence-electron chi connectivity index (χ4n) is 1.50. The Morgan fingerprint density at radius 1 is 1.27 bits per heavy atom. The Morgan fingerprint density at radius 3 is 2.40 bits per heavy atom. The minimum absolute atomic E-state index is 0.00692. The molecule has 1 aromatic carbocycles. The minimum Gasteiger partial charge on any atom is -0.465 e. The molecular formula is C13H18O2. The van der Waals surface area contributed by atoms with Gasteiger partial charge in [-0.25, -0.2) is 0 Å². The summed E-state index contributed by atoms with van der Waals surface area (Å²) in [5, 5.41) is 0. The first-order chi connectivity index (χ1) is 6.99. The highest BCUT2D eigenvalue weighted by Crippen LogP contribution is 2.22. The quantitative estimate of drug-likeness (QED) is 0.708. The van der Waals surface area contributed by atoms with E-state index in [1.54, 1.807) is 0 Å². The first-order valence-corrected chi connectivity index (χ1v) is 5.17. The third-order valence-electron chi connectivity index (χ3n) is 2.19. The topological polar surface area (TPSA) is 26.3 Å². The average molecular weight is 206 g/mol. The number of rotatable bonds is 4. The summed E-state index contributed by atoms with van der Waals surface area (Å²) >= 11 is 0. The van der Waals surface area contributed by atoms with Gasteiger partial charge in [-0.2, -0.15) is 0 Å². The van der Waals surface area contributed by atoms with Gasteiger partial charge in [0.25, 0.3) is 0 Å². The van der Waals surface area contributed by atoms with E-state index >= 15 is 0 Å². The molecular weight excluding hydrogens is 188 g/mol. The van der Waals surface area contributed by atoms with Gasteiger partial charge >= 0.3 is 5.97 Å². The fraction of sp³-hybridized carbons (Fsp3) is 0.462. The molecule has 2 heteroatoms. The third kappa shape index (κ3) is 4.63. The van der Waals surface area contributed by atoms with E-state index in [1.807, 2.05) is 18.2 Å². The summed E-state index contributed by atoms with van der Waals surface area (Å²) in [4.78, 5) is 10.7. The number of benzene rings is 1. The smallest absolute Gasteiger partial charge is 0.302 e. The van der Waals surface area contributed by atoms with E-state index in [1.165, 1.54) is 12.5 Å². The summed E-state index contributed by atoms with van der Waals surface area (Å²) in [5.74, 6) is -0.212. The standard InChI is InChI=1S/C13H18O2/c1-11(14)15-10-13(2,3)9-12-7-5-4-6-8-12/h4-8H,9-10H2,1-3H3. The highest BCUT2D eigenvalue weighted by Gasteiger charge is 2.19. The van der Waals surface area contributed by atoms with Crippen molar-refractivity contribution in [2.24, 2.45) is 5.41 Å². The first-order valence-electron chi connectivity index (χ1n) is 5.17. The Morgan fingerprint density at radius 2 is 1.87 bits per heavy atom. The summed E-state index contributed by atoms with van der Waals surface area (Å²) in [7, 11) is 0. The van der Waals surface area contributed by atoms with Gasteiger partial charge in [-0.15, -0.1) is 0 Å². The SMILES string of the molecule is CC(=O)OCC(C)(C)Cc1ccccc1. The van der Waals surface area contributed by atoms with Crippen molar-refractivity contribution in [2.75, 3.05) is 6.61 Å². The van der Waals surface area contributed by atoms with E-state index in [4.69, 9.17) is 4.74 Å². The molecule has 1 rings (SSSR count). The zero-order valence-corrected chi connectivity index (χ0v) is 9.62. The van der Waals surface area contributed by atoms with Gasteiger partial charge in [0.05, 0.1) is 6.61 Å². The molecule has 0 spiro atoms. The van der Waals surface area contributed by atoms with Gasteiger partial charge < -0.3 is 4.74 Å². The van der Waals surface area contributed by atoms with Crippen molar-refractivity contribution in [3.05, 3.63) is 35.9 Å². The van der Waals surface area contributed by atoms with Crippen LogP contribution in [0.5, 0.6) is 0 Å². The van der Waals surface area contributed by atoms with E-state index in [9.17, 15) is 4.79 Å². The van der Waals surface area contributed by atoms with Crippen LogP contribution < -0.4 is 0 Å². The summed E-state index contributed by atoms with van der Waals surface area (Å²) in [5.41, 5.74) is 1.27. The maximum absolute atomic E-state index is 10.7. The molecule has 0 aliphatic rings. The van der Waals surface area contributed by atoms with E-state index < -0.39 is 0 Å². The van der Waals surface area contributed by atoms with Crippen molar-refractivity contribution < 1.29 is 9.53 Å². The summed E-state index contributed by atoms with van der Waals surface area (Å²) in [6.45, 7) is 6.11. The lowest BCUT2D eigenvalue weighted by molar-refractivity contribution is -0.143. The normalized spacial score (nSPS) is 11.1. The zero-order valence-electron chi connectivity index (χ0n) is 9.62. The van der Waals surface area contributed by atoms with Gasteiger partial charge in [-0.05, 0) is 12.0 Å². The second-order valence-electron chi connectivity index (χ2n) is 4.61. The molecule has 2 nitrogen and oxygen atoms in total. The number of esters is 1. The zero-order chi connectivity index (χ0) is 11.3. The number of carbonyl (C=O) groups is 1. The average Bonchev–Trinajstić information content (AvgIpc) is 2.16. The van der Waals surface area contributed by atoms with Crippen LogP contribution in [0.15, 0.2) is 30.3 Å². The van der Waals surface area contributed by atoms with Gasteiger partial charge in [0.15, 0.2) is 0 Å². The molecule has 1 aromatic rings. The van der Waals surface area contributed by atoms with Crippen LogP contribution in [0.1, 0.15) is 26.3 Å². The molecule has 82 valence electrons. The second-order valence-corrected chi connectivity index (χ2v) is 4.61. The van der Waals surface area contributed by atoms with E-state index in [0.717, 1.165) is 6.42 Å². The molecule has 0 atom stereocenters. The lowest BCUT2D eigenvalue weighted by atomic mass is 9.87. The molecule has 0 saturated carbocycles. The predicted molar refractivity (Wildman–Crippen MR) is 60.6 cm³/mol. The van der Waals surface area contributed by atoms with Crippen LogP contribution in [-0.2, 0) is 16.0 Å². The van der Waals surface area contributed by atoms with Crippen LogP contribution in [0.2, 0.25) is 0 Å². The van der Waals surface area contributed by atoms with Crippen molar-refractivity contribution in [1.82, 2.24) is 0 Å². The van der Waals surface area contributed by atoms with Crippen molar-refractivity contribution in [3.8, 4) is 0 Å². The Labute approximate surface area is 91.3 Å². The van der Waals surface area contributed by atoms with E-state index in [0.29, 0.717) is 6.61 Å². The largest absolute Gasteiger partial charge is 0.465 e. The molecule has 0 bridgehead atoms. The Bertz CT molecular complexity index is 315. The molecule has 0 aromatic heterocycles. The molecule has 0 aliphatic carbocycles. The maximum atomic E-state index is 10.7. The van der Waals surface area contributed by atoms with Gasteiger partial charge in [0.2, 0.25) is 0 Å². The number of ether oxygens (including phenoxy) is 1. The van der Waals surface area contributed by atoms with Crippen LogP contribution in [-0.4, -0.2) is 12.6 Å². The highest BCUT2D eigenvalue weighted by molar-refractivity contribution is 5.65. The molecule has 0 aliphatic heterocycles. The van der Waals surface area contributed by atoms with Crippen molar-refractivity contribution in [3.63, 3.8) is 0 Å². The van der Waals surface area contributed by atoms with Crippen LogP contribution in [0.25, 0.3) is 0 Å². The Kier molecular flexibility index (Phi) is 3.89. The summed E-state index contributed by atoms with van der Waals surface area (Å²) in [6, 6.07) is 10.2. The summed E-state index contributed by atoms with van der Waals surface area (Å²) in [6.07, 6.45) is 0.918. The Balaban J connectivity index is 2.52. The number of hydrogen-bond acceptors (Lipinski definition) is 2. The van der Waals surface area contributed by atoms with Gasteiger partial charge in [-0.1, -0.05) is 44.2 Å². The maximum Gasteiger partial charge on any atom is 0.302 e. The molecule has 0 N–H and O–H groups in total. The van der Waals surface area contributed by atoms with Crippen LogP contribution in [0.4, 0.5) is 0 Å². The van der Waals surface area contributed by atoms with E-state index in [-0.39, 0.29) is 11.4 Å². The van der Waals surface area contributed by atoms with Gasteiger partial charge in [-0.3, -0.25) is 4.79 Å². The lowest BCUT2D eigenvalue weighted by Crippen LogP contribution is -2.23. The van der Waals surface area contributed by atoms with Crippen molar-refractivity contribution >= 4 is 5.97 Å². The fourth-order valence-corrected chi connectivity index (χ4v) is 1.50. The predicted octanol–water partition coefficient (Wildman–Crippen LogP) is 2.82. The van der Waals surface area contributed by atoms with E-state index in [2.05, 4.69) is 26.0 Å². The van der Waals surface area contributed by atoms with Crippen molar-refractivity contribution in [2.45, 2.75) is 27.2 Å². The second kappa shape index (κ2) is 4.96. The van der Waals surface area contributed by atoms with Crippen molar-refractivity contribution in [1.29, 1.82) is 0 Å². The number of hydrogen-bond donors (Lipinski definition) is 0. The molecule has 0 fully saturated rings. The molecule has 0 radical (unpaired) electrons. The lowest BCUT2D eigenvalue weighted by Gasteiger charge is -2.23. The molecule has 0 unspecified atom stereocenters. The molecule has 15 heavy (non-hydrogen) atoms. The molecule has 0 amide bonds. The van der Waals surface area contributed by atoms with Crippen LogP contribution >= 0.6 is 0 Å². The number of carbonyl (C=O) groups excluding carboxylic acids is 1. The third-order valence-corrected chi connectivity index (χ3v) is 2.19. The molecule has 0 saturated heterocycles. The highest BCUT2D eigenvalue weighted by atomic mass is 16.5. The first kappa shape index (κ1) is 11.8. The molecule has 0 heterocycles. The van der Waals surface area contributed by atoms with Crippen LogP contribution in [0.3, 0.4) is 0 Å².